The van der Waals surface area contributed by atoms with Crippen LogP contribution in [0, 0.1) is 0 Å². The Hall–Kier alpha value is 0.310. The lowest BCUT2D eigenvalue weighted by Crippen LogP contribution is -2.24. The van der Waals surface area contributed by atoms with Crippen LogP contribution in [0.1, 0.15) is 46.0 Å². The van der Waals surface area contributed by atoms with Crippen LogP contribution in [0.15, 0.2) is 0 Å². The number of nitrogens with one attached hydrogen (secondary N) is 1. The summed E-state index contributed by atoms with van der Waals surface area (Å²) in [4.78, 5) is 0. The number of hydrogen-bond acceptors (Lipinski definition) is 2. The van der Waals surface area contributed by atoms with Crippen LogP contribution in [-0.4, -0.2) is 23.6 Å². The molecule has 0 aromatic heterocycles. The Kier molecular flexibility index (Phi) is 5.88. The van der Waals surface area contributed by atoms with E-state index in [9.17, 15) is 0 Å². The molecule has 0 radical (unpaired) electrons. The monoisotopic (exact) mass is 201 g/mol. The van der Waals surface area contributed by atoms with Gasteiger partial charge in [-0.2, -0.15) is 11.8 Å². The topological polar surface area (TPSA) is 12.0 Å². The molecule has 0 heterocycles. The summed E-state index contributed by atoms with van der Waals surface area (Å²) < 4.78 is 0. The molecular formula is C11H23NS. The number of rotatable bonds is 6. The highest BCUT2D eigenvalue weighted by Gasteiger charge is 2.17. The molecule has 1 aliphatic rings. The van der Waals surface area contributed by atoms with Crippen molar-refractivity contribution in [1.29, 1.82) is 0 Å². The van der Waals surface area contributed by atoms with Crippen LogP contribution in [0.2, 0.25) is 0 Å². The lowest BCUT2D eigenvalue weighted by molar-refractivity contribution is 0.667. The zero-order valence-electron chi connectivity index (χ0n) is 9.01. The van der Waals surface area contributed by atoms with E-state index in [1.807, 2.05) is 0 Å². The maximum Gasteiger partial charge on any atom is 0.0146 e. The van der Waals surface area contributed by atoms with Crippen molar-refractivity contribution in [3.8, 4) is 0 Å². The van der Waals surface area contributed by atoms with Crippen LogP contribution in [0.25, 0.3) is 0 Å². The standard InChI is InChI=1S/C11H23NS/c1-3-8-12-9-10(2)13-11-6-4-5-7-11/h10-12H,3-9H2,1-2H3. The van der Waals surface area contributed by atoms with Crippen LogP contribution in [0.3, 0.4) is 0 Å². The summed E-state index contributed by atoms with van der Waals surface area (Å²) in [7, 11) is 0. The normalized spacial score (nSPS) is 20.8. The summed E-state index contributed by atoms with van der Waals surface area (Å²) in [6.45, 7) is 6.94. The Morgan fingerprint density at radius 3 is 2.69 bits per heavy atom. The highest BCUT2D eigenvalue weighted by molar-refractivity contribution is 8.00. The van der Waals surface area contributed by atoms with Gasteiger partial charge in [0.05, 0.1) is 0 Å². The van der Waals surface area contributed by atoms with Crippen molar-refractivity contribution in [2.24, 2.45) is 0 Å². The predicted octanol–water partition coefficient (Wildman–Crippen LogP) is 3.05. The van der Waals surface area contributed by atoms with Crippen molar-refractivity contribution in [2.75, 3.05) is 13.1 Å². The average molecular weight is 201 g/mol. The van der Waals surface area contributed by atoms with Crippen molar-refractivity contribution < 1.29 is 0 Å². The molecule has 0 aromatic carbocycles. The average Bonchev–Trinajstić information content (AvgIpc) is 2.57. The second kappa shape index (κ2) is 6.72. The van der Waals surface area contributed by atoms with Gasteiger partial charge in [0.25, 0.3) is 0 Å². The van der Waals surface area contributed by atoms with E-state index in [0.29, 0.717) is 0 Å². The van der Waals surface area contributed by atoms with Gasteiger partial charge in [-0.1, -0.05) is 26.7 Å². The van der Waals surface area contributed by atoms with E-state index in [-0.39, 0.29) is 0 Å². The zero-order valence-corrected chi connectivity index (χ0v) is 9.83. The molecule has 0 saturated heterocycles. The van der Waals surface area contributed by atoms with Gasteiger partial charge in [0.2, 0.25) is 0 Å². The molecule has 0 bridgehead atoms. The summed E-state index contributed by atoms with van der Waals surface area (Å²) in [6.07, 6.45) is 7.10. The van der Waals surface area contributed by atoms with Gasteiger partial charge in [0.1, 0.15) is 0 Å². The Balaban J connectivity index is 1.99. The molecular weight excluding hydrogens is 178 g/mol. The molecule has 1 rings (SSSR count). The molecule has 1 nitrogen and oxygen atoms in total. The smallest absolute Gasteiger partial charge is 0.0146 e. The first kappa shape index (κ1) is 11.4. The maximum atomic E-state index is 3.49. The minimum atomic E-state index is 0.801. The first-order chi connectivity index (χ1) is 6.33. The predicted molar refractivity (Wildman–Crippen MR) is 62.5 cm³/mol. The third-order valence-corrected chi connectivity index (χ3v) is 4.07. The molecule has 2 heteroatoms. The zero-order chi connectivity index (χ0) is 9.52. The minimum absolute atomic E-state index is 0.801. The third kappa shape index (κ3) is 4.92. The number of hydrogen-bond donors (Lipinski definition) is 1. The second-order valence-corrected chi connectivity index (χ2v) is 5.80. The van der Waals surface area contributed by atoms with E-state index in [1.165, 1.54) is 45.2 Å². The highest BCUT2D eigenvalue weighted by atomic mass is 32.2. The van der Waals surface area contributed by atoms with E-state index in [1.54, 1.807) is 0 Å². The van der Waals surface area contributed by atoms with Crippen molar-refractivity contribution in [2.45, 2.75) is 56.5 Å². The van der Waals surface area contributed by atoms with Gasteiger partial charge in [-0.3, -0.25) is 0 Å². The van der Waals surface area contributed by atoms with Gasteiger partial charge in [-0.05, 0) is 25.8 Å². The van der Waals surface area contributed by atoms with Crippen molar-refractivity contribution in [1.82, 2.24) is 5.32 Å². The molecule has 78 valence electrons. The molecule has 0 aliphatic heterocycles. The van der Waals surface area contributed by atoms with Gasteiger partial charge in [-0.25, -0.2) is 0 Å². The highest BCUT2D eigenvalue weighted by Crippen LogP contribution is 2.31. The van der Waals surface area contributed by atoms with Crippen LogP contribution < -0.4 is 5.32 Å². The summed E-state index contributed by atoms with van der Waals surface area (Å²) >= 11 is 2.20. The van der Waals surface area contributed by atoms with Gasteiger partial charge in [0, 0.05) is 17.0 Å². The second-order valence-electron chi connectivity index (χ2n) is 4.06. The molecule has 1 unspecified atom stereocenters. The van der Waals surface area contributed by atoms with Gasteiger partial charge in [-0.15, -0.1) is 0 Å². The summed E-state index contributed by atoms with van der Waals surface area (Å²) in [5, 5.41) is 5.26. The van der Waals surface area contributed by atoms with E-state index >= 15 is 0 Å². The Morgan fingerprint density at radius 2 is 2.08 bits per heavy atom. The van der Waals surface area contributed by atoms with Crippen LogP contribution in [0.4, 0.5) is 0 Å². The molecule has 0 aromatic rings. The Morgan fingerprint density at radius 1 is 1.38 bits per heavy atom. The van der Waals surface area contributed by atoms with Crippen molar-refractivity contribution in [3.05, 3.63) is 0 Å². The molecule has 13 heavy (non-hydrogen) atoms. The number of thioether (sulfide) groups is 1. The van der Waals surface area contributed by atoms with E-state index in [2.05, 4.69) is 30.9 Å². The largest absolute Gasteiger partial charge is 0.316 e. The fraction of sp³-hybridized carbons (Fsp3) is 1.00. The molecule has 1 atom stereocenters. The molecule has 1 fully saturated rings. The van der Waals surface area contributed by atoms with E-state index in [4.69, 9.17) is 0 Å². The Bertz CT molecular complexity index is 121. The molecule has 1 aliphatic carbocycles. The van der Waals surface area contributed by atoms with Crippen molar-refractivity contribution in [3.63, 3.8) is 0 Å². The van der Waals surface area contributed by atoms with Crippen LogP contribution in [-0.2, 0) is 0 Å². The molecule has 0 spiro atoms. The first-order valence-electron chi connectivity index (χ1n) is 5.69. The summed E-state index contributed by atoms with van der Waals surface area (Å²) in [5.41, 5.74) is 0. The van der Waals surface area contributed by atoms with Gasteiger partial charge >= 0.3 is 0 Å². The molecule has 0 amide bonds. The lowest BCUT2D eigenvalue weighted by Gasteiger charge is -2.16. The maximum absolute atomic E-state index is 3.49. The minimum Gasteiger partial charge on any atom is -0.316 e. The summed E-state index contributed by atoms with van der Waals surface area (Å²) in [6, 6.07) is 0. The third-order valence-electron chi connectivity index (χ3n) is 2.59. The fourth-order valence-electron chi connectivity index (χ4n) is 1.88. The molecule has 1 N–H and O–H groups in total. The fourth-order valence-corrected chi connectivity index (χ4v) is 3.36. The SMILES string of the molecule is CCCNCC(C)SC1CCCC1. The van der Waals surface area contributed by atoms with Crippen LogP contribution >= 0.6 is 11.8 Å². The van der Waals surface area contributed by atoms with Crippen molar-refractivity contribution >= 4 is 11.8 Å². The van der Waals surface area contributed by atoms with E-state index < -0.39 is 0 Å². The van der Waals surface area contributed by atoms with Crippen LogP contribution in [0.5, 0.6) is 0 Å². The summed E-state index contributed by atoms with van der Waals surface area (Å²) in [5.74, 6) is 0. The van der Waals surface area contributed by atoms with Gasteiger partial charge in [0.15, 0.2) is 0 Å². The molecule has 1 saturated carbocycles. The lowest BCUT2D eigenvalue weighted by atomic mass is 10.4. The van der Waals surface area contributed by atoms with E-state index in [0.717, 1.165) is 10.5 Å². The van der Waals surface area contributed by atoms with Gasteiger partial charge < -0.3 is 5.32 Å². The Labute approximate surface area is 87.1 Å². The quantitative estimate of drug-likeness (QED) is 0.663. The first-order valence-corrected chi connectivity index (χ1v) is 6.63.